The van der Waals surface area contributed by atoms with Crippen LogP contribution in [0.2, 0.25) is 0 Å². The van der Waals surface area contributed by atoms with Gasteiger partial charge in [-0.15, -0.1) is 0 Å². The van der Waals surface area contributed by atoms with Gasteiger partial charge in [-0.1, -0.05) is 60.8 Å². The fraction of sp³-hybridized carbons (Fsp3) is 0.625. The van der Waals surface area contributed by atoms with Gasteiger partial charge >= 0.3 is 0 Å². The van der Waals surface area contributed by atoms with Crippen molar-refractivity contribution >= 4 is 15.9 Å². The number of hydrogen-bond acceptors (Lipinski definition) is 0. The van der Waals surface area contributed by atoms with Gasteiger partial charge in [0.05, 0.1) is 0 Å². The second-order valence-electron chi connectivity index (χ2n) is 5.21. The molecule has 1 aliphatic carbocycles. The van der Waals surface area contributed by atoms with Crippen molar-refractivity contribution in [3.63, 3.8) is 0 Å². The average Bonchev–Trinajstić information content (AvgIpc) is 2.39. The van der Waals surface area contributed by atoms with Crippen molar-refractivity contribution in [1.29, 1.82) is 0 Å². The highest BCUT2D eigenvalue weighted by Gasteiger charge is 2.19. The van der Waals surface area contributed by atoms with E-state index < -0.39 is 0 Å². The van der Waals surface area contributed by atoms with E-state index in [4.69, 9.17) is 0 Å². The Bertz CT molecular complexity index is 366. The smallest absolute Gasteiger partial charge is 0.0423 e. The first kappa shape index (κ1) is 13.1. The van der Waals surface area contributed by atoms with Gasteiger partial charge in [-0.3, -0.25) is 0 Å². The van der Waals surface area contributed by atoms with Gasteiger partial charge in [0.1, 0.15) is 0 Å². The summed E-state index contributed by atoms with van der Waals surface area (Å²) in [5, 5.41) is 0. The molecular weight excluding hydrogens is 272 g/mol. The molecule has 1 aromatic carbocycles. The number of benzene rings is 1. The first-order valence-corrected chi connectivity index (χ1v) is 7.93. The van der Waals surface area contributed by atoms with E-state index in [0.29, 0.717) is 4.83 Å². The largest absolute Gasteiger partial charge is 0.0836 e. The maximum atomic E-state index is 3.90. The van der Waals surface area contributed by atoms with Crippen LogP contribution in [-0.2, 0) is 12.8 Å². The monoisotopic (exact) mass is 294 g/mol. The van der Waals surface area contributed by atoms with Crippen molar-refractivity contribution in [3.8, 4) is 0 Å². The summed E-state index contributed by atoms with van der Waals surface area (Å²) < 4.78 is 0. The molecule has 1 unspecified atom stereocenters. The summed E-state index contributed by atoms with van der Waals surface area (Å²) in [5.41, 5.74) is 4.67. The standard InChI is InChI=1S/C16H23Br/c1-3-12(4-2)16(17)15-10-9-13-7-5-6-8-14(13)11-15/h9-12,16H,3-8H2,1-2H3. The van der Waals surface area contributed by atoms with Gasteiger partial charge in [0.25, 0.3) is 0 Å². The molecule has 0 heterocycles. The topological polar surface area (TPSA) is 0 Å². The highest BCUT2D eigenvalue weighted by molar-refractivity contribution is 9.09. The minimum Gasteiger partial charge on any atom is -0.0836 e. The summed E-state index contributed by atoms with van der Waals surface area (Å²) in [6.07, 6.45) is 7.82. The second-order valence-corrected chi connectivity index (χ2v) is 6.20. The summed E-state index contributed by atoms with van der Waals surface area (Å²) in [6.45, 7) is 4.58. The lowest BCUT2D eigenvalue weighted by molar-refractivity contribution is 0.486. The third kappa shape index (κ3) is 2.93. The van der Waals surface area contributed by atoms with Crippen molar-refractivity contribution < 1.29 is 0 Å². The molecule has 0 saturated heterocycles. The van der Waals surface area contributed by atoms with E-state index >= 15 is 0 Å². The lowest BCUT2D eigenvalue weighted by Crippen LogP contribution is -2.08. The van der Waals surface area contributed by atoms with Gasteiger partial charge in [0.15, 0.2) is 0 Å². The Morgan fingerprint density at radius 1 is 1.06 bits per heavy atom. The van der Waals surface area contributed by atoms with Crippen LogP contribution in [0.15, 0.2) is 18.2 Å². The minimum absolute atomic E-state index is 0.532. The first-order chi connectivity index (χ1) is 8.26. The molecule has 17 heavy (non-hydrogen) atoms. The zero-order valence-electron chi connectivity index (χ0n) is 11.0. The van der Waals surface area contributed by atoms with Crippen molar-refractivity contribution in [3.05, 3.63) is 34.9 Å². The number of hydrogen-bond donors (Lipinski definition) is 0. The van der Waals surface area contributed by atoms with Crippen LogP contribution in [0.25, 0.3) is 0 Å². The second kappa shape index (κ2) is 6.04. The Kier molecular flexibility index (Phi) is 4.67. The third-order valence-corrected chi connectivity index (χ3v) is 5.43. The quantitative estimate of drug-likeness (QED) is 0.649. The van der Waals surface area contributed by atoms with Gasteiger partial charge in [-0.2, -0.15) is 0 Å². The molecule has 0 fully saturated rings. The highest BCUT2D eigenvalue weighted by atomic mass is 79.9. The molecule has 0 spiro atoms. The number of alkyl halides is 1. The zero-order valence-corrected chi connectivity index (χ0v) is 12.6. The molecule has 94 valence electrons. The lowest BCUT2D eigenvalue weighted by atomic mass is 9.87. The predicted octanol–water partition coefficient (Wildman–Crippen LogP) is 5.44. The van der Waals surface area contributed by atoms with Crippen LogP contribution < -0.4 is 0 Å². The molecule has 0 radical (unpaired) electrons. The normalized spacial score (nSPS) is 16.9. The molecule has 1 aliphatic rings. The van der Waals surface area contributed by atoms with Crippen LogP contribution >= 0.6 is 15.9 Å². The Balaban J connectivity index is 2.21. The van der Waals surface area contributed by atoms with Crippen LogP contribution in [0.3, 0.4) is 0 Å². The van der Waals surface area contributed by atoms with E-state index in [1.807, 2.05) is 0 Å². The molecule has 0 bridgehead atoms. The molecule has 1 aromatic rings. The van der Waals surface area contributed by atoms with Crippen molar-refractivity contribution in [2.24, 2.45) is 5.92 Å². The Morgan fingerprint density at radius 3 is 2.35 bits per heavy atom. The highest BCUT2D eigenvalue weighted by Crippen LogP contribution is 2.36. The average molecular weight is 295 g/mol. The van der Waals surface area contributed by atoms with E-state index in [2.05, 4.69) is 48.0 Å². The summed E-state index contributed by atoms with van der Waals surface area (Å²) in [5.74, 6) is 0.761. The summed E-state index contributed by atoms with van der Waals surface area (Å²) >= 11 is 3.90. The molecule has 0 aromatic heterocycles. The van der Waals surface area contributed by atoms with Crippen LogP contribution in [0.5, 0.6) is 0 Å². The maximum absolute atomic E-state index is 3.90. The van der Waals surface area contributed by atoms with Crippen molar-refractivity contribution in [1.82, 2.24) is 0 Å². The van der Waals surface area contributed by atoms with Crippen LogP contribution in [0, 0.1) is 5.92 Å². The van der Waals surface area contributed by atoms with E-state index in [9.17, 15) is 0 Å². The summed E-state index contributed by atoms with van der Waals surface area (Å²) in [6, 6.07) is 7.15. The third-order valence-electron chi connectivity index (χ3n) is 4.15. The van der Waals surface area contributed by atoms with Crippen LogP contribution in [0.4, 0.5) is 0 Å². The van der Waals surface area contributed by atoms with Crippen LogP contribution in [-0.4, -0.2) is 0 Å². The number of halogens is 1. The van der Waals surface area contributed by atoms with Gasteiger partial charge in [0, 0.05) is 4.83 Å². The van der Waals surface area contributed by atoms with E-state index in [1.54, 1.807) is 11.1 Å². The van der Waals surface area contributed by atoms with E-state index in [1.165, 1.54) is 44.1 Å². The van der Waals surface area contributed by atoms with Crippen molar-refractivity contribution in [2.75, 3.05) is 0 Å². The minimum atomic E-state index is 0.532. The van der Waals surface area contributed by atoms with Gasteiger partial charge in [-0.25, -0.2) is 0 Å². The van der Waals surface area contributed by atoms with E-state index in [0.717, 1.165) is 5.92 Å². The maximum Gasteiger partial charge on any atom is 0.0423 e. The van der Waals surface area contributed by atoms with Gasteiger partial charge in [-0.05, 0) is 48.3 Å². The SMILES string of the molecule is CCC(CC)C(Br)c1ccc2c(c1)CCCC2. The van der Waals surface area contributed by atoms with Gasteiger partial charge < -0.3 is 0 Å². The molecule has 0 amide bonds. The first-order valence-electron chi connectivity index (χ1n) is 7.02. The number of rotatable bonds is 4. The van der Waals surface area contributed by atoms with Gasteiger partial charge in [0.2, 0.25) is 0 Å². The molecular formula is C16H23Br. The fourth-order valence-corrected chi connectivity index (χ4v) is 3.93. The molecule has 1 heteroatoms. The zero-order chi connectivity index (χ0) is 12.3. The van der Waals surface area contributed by atoms with E-state index in [-0.39, 0.29) is 0 Å². The molecule has 2 rings (SSSR count). The number of fused-ring (bicyclic) bond motifs is 1. The van der Waals surface area contributed by atoms with Crippen LogP contribution in [0.1, 0.15) is 61.0 Å². The predicted molar refractivity (Wildman–Crippen MR) is 78.8 cm³/mol. The summed E-state index contributed by atoms with van der Waals surface area (Å²) in [7, 11) is 0. The Morgan fingerprint density at radius 2 is 1.71 bits per heavy atom. The molecule has 0 N–H and O–H groups in total. The molecule has 0 saturated carbocycles. The molecule has 0 nitrogen and oxygen atoms in total. The summed E-state index contributed by atoms with van der Waals surface area (Å²) in [4.78, 5) is 0.532. The number of aryl methyl sites for hydroxylation is 2. The lowest BCUT2D eigenvalue weighted by Gasteiger charge is -2.23. The molecule has 1 atom stereocenters. The molecule has 0 aliphatic heterocycles. The Labute approximate surface area is 114 Å². The Hall–Kier alpha value is -0.300. The fourth-order valence-electron chi connectivity index (χ4n) is 2.90. The van der Waals surface area contributed by atoms with Crippen molar-refractivity contribution in [2.45, 2.75) is 57.2 Å².